The molecule has 0 N–H and O–H groups in total. The minimum absolute atomic E-state index is 0.266. The Hall–Kier alpha value is -2.32. The van der Waals surface area contributed by atoms with E-state index in [0.29, 0.717) is 22.9 Å². The van der Waals surface area contributed by atoms with E-state index in [4.69, 9.17) is 21.6 Å². The number of rotatable bonds is 4. The lowest BCUT2D eigenvalue weighted by Crippen LogP contribution is -2.18. The topological polar surface area (TPSA) is 62.0 Å². The van der Waals surface area contributed by atoms with Gasteiger partial charge in [-0.1, -0.05) is 23.7 Å². The van der Waals surface area contributed by atoms with Gasteiger partial charge in [0.2, 0.25) is 0 Å². The van der Waals surface area contributed by atoms with Crippen LogP contribution in [0.4, 0.5) is 5.82 Å². The van der Waals surface area contributed by atoms with Crippen molar-refractivity contribution in [2.24, 2.45) is 0 Å². The predicted octanol–water partition coefficient (Wildman–Crippen LogP) is 2.65. The van der Waals surface area contributed by atoms with Gasteiger partial charge in [0.25, 0.3) is 0 Å². The van der Waals surface area contributed by atoms with E-state index in [9.17, 15) is 0 Å². The lowest BCUT2D eigenvalue weighted by atomic mass is 10.1. The smallest absolute Gasteiger partial charge is 0.318 e. The van der Waals surface area contributed by atoms with E-state index >= 15 is 0 Å². The maximum Gasteiger partial charge on any atom is 0.318 e. The fraction of sp³-hybridized carbons (Fsp3) is 0.214. The number of benzene rings is 1. The van der Waals surface area contributed by atoms with Crippen LogP contribution < -0.4 is 9.64 Å². The third-order valence-electron chi connectivity index (χ3n) is 2.72. The van der Waals surface area contributed by atoms with Crippen molar-refractivity contribution in [2.45, 2.75) is 6.54 Å². The molecule has 0 saturated carbocycles. The molecular formula is C14H13ClN4O. The number of aromatic nitrogens is 2. The Bertz CT molecular complexity index is 654. The van der Waals surface area contributed by atoms with E-state index in [1.165, 1.54) is 13.3 Å². The molecule has 0 atom stereocenters. The highest BCUT2D eigenvalue weighted by molar-refractivity contribution is 6.32. The Balaban J connectivity index is 2.23. The van der Waals surface area contributed by atoms with Gasteiger partial charge in [-0.3, -0.25) is 0 Å². The highest BCUT2D eigenvalue weighted by atomic mass is 35.5. The lowest BCUT2D eigenvalue weighted by Gasteiger charge is -2.19. The van der Waals surface area contributed by atoms with Gasteiger partial charge in [-0.2, -0.15) is 10.2 Å². The molecule has 0 aliphatic rings. The lowest BCUT2D eigenvalue weighted by molar-refractivity contribution is 0.380. The molecule has 1 heterocycles. The van der Waals surface area contributed by atoms with Gasteiger partial charge in [0, 0.05) is 13.6 Å². The number of nitriles is 1. The molecule has 0 aliphatic carbocycles. The third-order valence-corrected chi connectivity index (χ3v) is 2.99. The Morgan fingerprint density at radius 2 is 2.25 bits per heavy atom. The predicted molar refractivity (Wildman–Crippen MR) is 76.9 cm³/mol. The quantitative estimate of drug-likeness (QED) is 0.865. The highest BCUT2D eigenvalue weighted by Gasteiger charge is 2.11. The molecule has 0 unspecified atom stereocenters. The first-order valence-electron chi connectivity index (χ1n) is 5.90. The number of hydrogen-bond acceptors (Lipinski definition) is 5. The van der Waals surface area contributed by atoms with E-state index in [1.807, 2.05) is 30.1 Å². The summed E-state index contributed by atoms with van der Waals surface area (Å²) in [7, 11) is 3.37. The number of hydrogen-bond donors (Lipinski definition) is 0. The van der Waals surface area contributed by atoms with Gasteiger partial charge in [0.15, 0.2) is 5.82 Å². The van der Waals surface area contributed by atoms with Crippen LogP contribution in [0.3, 0.4) is 0 Å². The maximum absolute atomic E-state index is 8.90. The van der Waals surface area contributed by atoms with Crippen LogP contribution in [0.5, 0.6) is 6.01 Å². The Kier molecular flexibility index (Phi) is 4.38. The van der Waals surface area contributed by atoms with Gasteiger partial charge >= 0.3 is 6.01 Å². The zero-order chi connectivity index (χ0) is 14.5. The summed E-state index contributed by atoms with van der Waals surface area (Å²) in [6.45, 7) is 0.579. The Labute approximate surface area is 122 Å². The van der Waals surface area contributed by atoms with Gasteiger partial charge in [0.05, 0.1) is 24.9 Å². The minimum Gasteiger partial charge on any atom is -0.467 e. The molecular weight excluding hydrogens is 276 g/mol. The van der Waals surface area contributed by atoms with Gasteiger partial charge in [-0.15, -0.1) is 0 Å². The third kappa shape index (κ3) is 3.16. The van der Waals surface area contributed by atoms with Crippen molar-refractivity contribution < 1.29 is 4.74 Å². The van der Waals surface area contributed by atoms with Crippen molar-refractivity contribution in [3.8, 4) is 12.1 Å². The van der Waals surface area contributed by atoms with Crippen LogP contribution in [0.1, 0.15) is 11.1 Å². The molecule has 0 radical (unpaired) electrons. The average Bonchev–Trinajstić information content (AvgIpc) is 2.47. The second-order valence-electron chi connectivity index (χ2n) is 4.20. The molecule has 1 aromatic heterocycles. The summed E-state index contributed by atoms with van der Waals surface area (Å²) in [5, 5.41) is 9.35. The van der Waals surface area contributed by atoms with Gasteiger partial charge < -0.3 is 9.64 Å². The van der Waals surface area contributed by atoms with E-state index in [0.717, 1.165) is 5.56 Å². The molecule has 6 heteroatoms. The Morgan fingerprint density at radius 3 is 2.95 bits per heavy atom. The second kappa shape index (κ2) is 6.22. The van der Waals surface area contributed by atoms with Crippen molar-refractivity contribution in [3.05, 3.63) is 46.6 Å². The standard InChI is InChI=1S/C14H13ClN4O/c1-19(9-11-5-3-4-10(6-11)7-16)13-12(15)8-17-14(18-13)20-2/h3-6,8H,9H2,1-2H3. The summed E-state index contributed by atoms with van der Waals surface area (Å²) in [4.78, 5) is 10.0. The SMILES string of the molecule is COc1ncc(Cl)c(N(C)Cc2cccc(C#N)c2)n1. The first-order valence-corrected chi connectivity index (χ1v) is 6.28. The number of ether oxygens (including phenoxy) is 1. The largest absolute Gasteiger partial charge is 0.467 e. The summed E-state index contributed by atoms with van der Waals surface area (Å²) < 4.78 is 5.00. The molecule has 0 bridgehead atoms. The molecule has 1 aromatic carbocycles. The number of nitrogens with zero attached hydrogens (tertiary/aromatic N) is 4. The zero-order valence-electron chi connectivity index (χ0n) is 11.2. The van der Waals surface area contributed by atoms with Crippen LogP contribution in [-0.4, -0.2) is 24.1 Å². The summed E-state index contributed by atoms with van der Waals surface area (Å²) in [6, 6.07) is 9.79. The molecule has 0 saturated heterocycles. The molecule has 0 fully saturated rings. The van der Waals surface area contributed by atoms with E-state index in [-0.39, 0.29) is 6.01 Å². The summed E-state index contributed by atoms with van der Waals surface area (Å²) in [5.41, 5.74) is 1.63. The van der Waals surface area contributed by atoms with Crippen molar-refractivity contribution in [2.75, 3.05) is 19.1 Å². The Morgan fingerprint density at radius 1 is 1.45 bits per heavy atom. The normalized spacial score (nSPS) is 9.90. The first-order chi connectivity index (χ1) is 9.63. The van der Waals surface area contributed by atoms with Crippen LogP contribution >= 0.6 is 11.6 Å². The van der Waals surface area contributed by atoms with Crippen LogP contribution in [0.15, 0.2) is 30.5 Å². The molecule has 0 amide bonds. The average molecular weight is 289 g/mol. The molecule has 102 valence electrons. The van der Waals surface area contributed by atoms with E-state index in [1.54, 1.807) is 6.07 Å². The monoisotopic (exact) mass is 288 g/mol. The van der Waals surface area contributed by atoms with Crippen LogP contribution in [0, 0.1) is 11.3 Å². The molecule has 20 heavy (non-hydrogen) atoms. The first kappa shape index (κ1) is 14.1. The summed E-state index contributed by atoms with van der Waals surface area (Å²) in [6.07, 6.45) is 1.50. The van der Waals surface area contributed by atoms with Crippen molar-refractivity contribution in [1.82, 2.24) is 9.97 Å². The molecule has 2 rings (SSSR count). The minimum atomic E-state index is 0.266. The van der Waals surface area contributed by atoms with Gasteiger partial charge in [-0.05, 0) is 17.7 Å². The number of anilines is 1. The van der Waals surface area contributed by atoms with E-state index in [2.05, 4.69) is 16.0 Å². The van der Waals surface area contributed by atoms with Crippen LogP contribution in [0.25, 0.3) is 0 Å². The zero-order valence-corrected chi connectivity index (χ0v) is 11.9. The summed E-state index contributed by atoms with van der Waals surface area (Å²) in [5.74, 6) is 0.584. The highest BCUT2D eigenvalue weighted by Crippen LogP contribution is 2.24. The van der Waals surface area contributed by atoms with Gasteiger partial charge in [-0.25, -0.2) is 4.98 Å². The summed E-state index contributed by atoms with van der Waals surface area (Å²) >= 11 is 6.10. The van der Waals surface area contributed by atoms with Crippen molar-refractivity contribution in [3.63, 3.8) is 0 Å². The fourth-order valence-electron chi connectivity index (χ4n) is 1.80. The van der Waals surface area contributed by atoms with Crippen molar-refractivity contribution >= 4 is 17.4 Å². The number of halogens is 1. The molecule has 0 spiro atoms. The van der Waals surface area contributed by atoms with Crippen molar-refractivity contribution in [1.29, 1.82) is 5.26 Å². The number of methoxy groups -OCH3 is 1. The molecule has 5 nitrogen and oxygen atoms in total. The van der Waals surface area contributed by atoms with Gasteiger partial charge in [0.1, 0.15) is 5.02 Å². The fourth-order valence-corrected chi connectivity index (χ4v) is 2.03. The van der Waals surface area contributed by atoms with Crippen LogP contribution in [-0.2, 0) is 6.54 Å². The second-order valence-corrected chi connectivity index (χ2v) is 4.60. The molecule has 2 aromatic rings. The van der Waals surface area contributed by atoms with E-state index < -0.39 is 0 Å². The molecule has 0 aliphatic heterocycles. The maximum atomic E-state index is 8.90. The van der Waals surface area contributed by atoms with Crippen LogP contribution in [0.2, 0.25) is 5.02 Å².